The molecule has 14 heavy (non-hydrogen) atoms. The van der Waals surface area contributed by atoms with Crippen molar-refractivity contribution in [3.63, 3.8) is 0 Å². The predicted octanol–water partition coefficient (Wildman–Crippen LogP) is 2.78. The van der Waals surface area contributed by atoms with Crippen LogP contribution < -0.4 is 5.73 Å². The van der Waals surface area contributed by atoms with Gasteiger partial charge >= 0.3 is 0 Å². The van der Waals surface area contributed by atoms with Crippen LogP contribution in [0.15, 0.2) is 16.7 Å². The van der Waals surface area contributed by atoms with E-state index in [4.69, 9.17) is 5.73 Å². The van der Waals surface area contributed by atoms with E-state index in [1.54, 1.807) is 6.20 Å². The number of aromatic nitrogens is 1. The molecule has 2 N–H and O–H groups in total. The van der Waals surface area contributed by atoms with Crippen molar-refractivity contribution < 1.29 is 4.39 Å². The number of nitrogens with two attached hydrogens (primary N) is 1. The summed E-state index contributed by atoms with van der Waals surface area (Å²) in [6.45, 7) is 0. The van der Waals surface area contributed by atoms with E-state index in [-0.39, 0.29) is 11.9 Å². The monoisotopic (exact) mass is 258 g/mol. The molecule has 0 saturated heterocycles. The summed E-state index contributed by atoms with van der Waals surface area (Å²) < 4.78 is 14.0. The highest BCUT2D eigenvalue weighted by atomic mass is 79.9. The van der Waals surface area contributed by atoms with Crippen LogP contribution in [0.4, 0.5) is 4.39 Å². The summed E-state index contributed by atoms with van der Waals surface area (Å²) >= 11 is 3.17. The quantitative estimate of drug-likeness (QED) is 0.906. The average Bonchev–Trinajstić information content (AvgIpc) is 2.87. The van der Waals surface area contributed by atoms with Gasteiger partial charge in [-0.2, -0.15) is 0 Å². The lowest BCUT2D eigenvalue weighted by Gasteiger charge is -2.10. The van der Waals surface area contributed by atoms with Crippen molar-refractivity contribution in [1.29, 1.82) is 0 Å². The summed E-state index contributed by atoms with van der Waals surface area (Å²) in [6, 6.07) is 1.16. The van der Waals surface area contributed by atoms with E-state index < -0.39 is 0 Å². The van der Waals surface area contributed by atoms with E-state index in [9.17, 15) is 4.39 Å². The van der Waals surface area contributed by atoms with Crippen molar-refractivity contribution in [1.82, 2.24) is 4.98 Å². The zero-order chi connectivity index (χ0) is 10.1. The molecule has 1 aliphatic rings. The fourth-order valence-corrected chi connectivity index (χ4v) is 1.83. The molecule has 1 unspecified atom stereocenters. The minimum Gasteiger partial charge on any atom is -0.323 e. The molecule has 0 bridgehead atoms. The van der Waals surface area contributed by atoms with E-state index in [2.05, 4.69) is 20.9 Å². The van der Waals surface area contributed by atoms with Crippen LogP contribution in [0, 0.1) is 11.7 Å². The van der Waals surface area contributed by atoms with Gasteiger partial charge in [0.25, 0.3) is 0 Å². The lowest BCUT2D eigenvalue weighted by atomic mass is 10.1. The van der Waals surface area contributed by atoms with Crippen molar-refractivity contribution in [2.45, 2.75) is 25.3 Å². The summed E-state index contributed by atoms with van der Waals surface area (Å²) in [6.07, 6.45) is 4.90. The average molecular weight is 259 g/mol. The first-order valence-corrected chi connectivity index (χ1v) is 5.52. The Bertz CT molecular complexity index is 339. The standard InChI is InChI=1S/C10H12BrFN2/c11-7-4-8(12)10(14-5-7)9(13)3-6-1-2-6/h4-6,9H,1-3,13H2. The van der Waals surface area contributed by atoms with Crippen LogP contribution in [-0.4, -0.2) is 4.98 Å². The molecule has 0 amide bonds. The largest absolute Gasteiger partial charge is 0.323 e. The second kappa shape index (κ2) is 3.95. The van der Waals surface area contributed by atoms with E-state index >= 15 is 0 Å². The Balaban J connectivity index is 2.13. The van der Waals surface area contributed by atoms with Crippen LogP contribution in [0.2, 0.25) is 0 Å². The highest BCUT2D eigenvalue weighted by molar-refractivity contribution is 9.10. The van der Waals surface area contributed by atoms with Gasteiger partial charge < -0.3 is 5.73 Å². The Kier molecular flexibility index (Phi) is 2.83. The van der Waals surface area contributed by atoms with Crippen molar-refractivity contribution >= 4 is 15.9 Å². The SMILES string of the molecule is NC(CC1CC1)c1ncc(Br)cc1F. The molecule has 76 valence electrons. The first kappa shape index (κ1) is 10.1. The van der Waals surface area contributed by atoms with E-state index in [0.717, 1.165) is 6.42 Å². The molecule has 1 atom stereocenters. The Morgan fingerprint density at radius 2 is 2.36 bits per heavy atom. The molecule has 0 radical (unpaired) electrons. The van der Waals surface area contributed by atoms with E-state index in [0.29, 0.717) is 16.1 Å². The lowest BCUT2D eigenvalue weighted by molar-refractivity contribution is 0.526. The second-order valence-electron chi connectivity index (χ2n) is 3.81. The van der Waals surface area contributed by atoms with Crippen LogP contribution >= 0.6 is 15.9 Å². The first-order valence-electron chi connectivity index (χ1n) is 4.73. The van der Waals surface area contributed by atoms with Gasteiger partial charge in [0, 0.05) is 10.7 Å². The van der Waals surface area contributed by atoms with Crippen molar-refractivity contribution in [3.05, 3.63) is 28.2 Å². The molecule has 1 fully saturated rings. The summed E-state index contributed by atoms with van der Waals surface area (Å²) in [5, 5.41) is 0. The van der Waals surface area contributed by atoms with Gasteiger partial charge in [-0.3, -0.25) is 4.98 Å². The summed E-state index contributed by atoms with van der Waals surface area (Å²) in [7, 11) is 0. The maximum atomic E-state index is 13.4. The van der Waals surface area contributed by atoms with Gasteiger partial charge in [-0.15, -0.1) is 0 Å². The van der Waals surface area contributed by atoms with Gasteiger partial charge in [0.1, 0.15) is 5.82 Å². The van der Waals surface area contributed by atoms with Gasteiger partial charge in [0.2, 0.25) is 0 Å². The fraction of sp³-hybridized carbons (Fsp3) is 0.500. The van der Waals surface area contributed by atoms with Gasteiger partial charge in [0.15, 0.2) is 0 Å². The van der Waals surface area contributed by atoms with Gasteiger partial charge in [-0.25, -0.2) is 4.39 Å². The topological polar surface area (TPSA) is 38.9 Å². The number of nitrogens with zero attached hydrogens (tertiary/aromatic N) is 1. The van der Waals surface area contributed by atoms with Gasteiger partial charge in [-0.05, 0) is 34.3 Å². The van der Waals surface area contributed by atoms with Crippen molar-refractivity contribution in [2.24, 2.45) is 11.7 Å². The van der Waals surface area contributed by atoms with Crippen LogP contribution in [-0.2, 0) is 0 Å². The smallest absolute Gasteiger partial charge is 0.147 e. The van der Waals surface area contributed by atoms with Crippen LogP contribution in [0.5, 0.6) is 0 Å². The minimum absolute atomic E-state index is 0.254. The maximum absolute atomic E-state index is 13.4. The third-order valence-corrected chi connectivity index (χ3v) is 2.91. The first-order chi connectivity index (χ1) is 6.66. The molecule has 4 heteroatoms. The normalized spacial score (nSPS) is 18.2. The number of pyridine rings is 1. The fourth-order valence-electron chi connectivity index (χ4n) is 1.52. The molecule has 0 aliphatic heterocycles. The molecular weight excluding hydrogens is 247 g/mol. The third-order valence-electron chi connectivity index (χ3n) is 2.47. The van der Waals surface area contributed by atoms with Crippen molar-refractivity contribution in [3.8, 4) is 0 Å². The third kappa shape index (κ3) is 2.30. The van der Waals surface area contributed by atoms with Crippen LogP contribution in [0.1, 0.15) is 31.0 Å². The molecular formula is C10H12BrFN2. The highest BCUT2D eigenvalue weighted by Crippen LogP contribution is 2.36. The molecule has 0 spiro atoms. The molecule has 2 nitrogen and oxygen atoms in total. The van der Waals surface area contributed by atoms with Crippen molar-refractivity contribution in [2.75, 3.05) is 0 Å². The zero-order valence-corrected chi connectivity index (χ0v) is 9.30. The van der Waals surface area contributed by atoms with Gasteiger partial charge in [0.05, 0.1) is 11.7 Å². The van der Waals surface area contributed by atoms with E-state index in [1.165, 1.54) is 18.9 Å². The minimum atomic E-state index is -0.312. The molecule has 0 aromatic carbocycles. The number of rotatable bonds is 3. The summed E-state index contributed by atoms with van der Waals surface area (Å²) in [4.78, 5) is 4.01. The predicted molar refractivity (Wildman–Crippen MR) is 56.2 cm³/mol. The molecule has 1 aromatic heterocycles. The molecule has 2 rings (SSSR count). The highest BCUT2D eigenvalue weighted by Gasteiger charge is 2.26. The Hall–Kier alpha value is -0.480. The number of halogens is 2. The number of hydrogen-bond donors (Lipinski definition) is 1. The molecule has 1 aliphatic carbocycles. The molecule has 1 aromatic rings. The summed E-state index contributed by atoms with van der Waals surface area (Å²) in [5.74, 6) is 0.377. The van der Waals surface area contributed by atoms with Gasteiger partial charge in [-0.1, -0.05) is 12.8 Å². The van der Waals surface area contributed by atoms with Crippen LogP contribution in [0.25, 0.3) is 0 Å². The Labute approximate surface area is 90.8 Å². The van der Waals surface area contributed by atoms with E-state index in [1.807, 2.05) is 0 Å². The summed E-state index contributed by atoms with van der Waals surface area (Å²) in [5.41, 5.74) is 6.26. The second-order valence-corrected chi connectivity index (χ2v) is 4.72. The Morgan fingerprint density at radius 3 is 2.93 bits per heavy atom. The Morgan fingerprint density at radius 1 is 1.64 bits per heavy atom. The number of hydrogen-bond acceptors (Lipinski definition) is 2. The maximum Gasteiger partial charge on any atom is 0.147 e. The van der Waals surface area contributed by atoms with Crippen LogP contribution in [0.3, 0.4) is 0 Å². The molecule has 1 heterocycles. The lowest BCUT2D eigenvalue weighted by Crippen LogP contribution is -2.14. The molecule has 1 saturated carbocycles. The zero-order valence-electron chi connectivity index (χ0n) is 7.71.